The third-order valence-electron chi connectivity index (χ3n) is 5.81. The molecule has 2 aliphatic rings. The van der Waals surface area contributed by atoms with Gasteiger partial charge in [0.1, 0.15) is 5.82 Å². The second-order valence-electron chi connectivity index (χ2n) is 8.19. The van der Waals surface area contributed by atoms with Gasteiger partial charge in [0.15, 0.2) is 11.5 Å². The number of nitrogens with one attached hydrogen (secondary N) is 3. The topological polar surface area (TPSA) is 146 Å². The van der Waals surface area contributed by atoms with Crippen LogP contribution >= 0.6 is 15.9 Å². The number of aromatic nitrogens is 2. The van der Waals surface area contributed by atoms with Crippen LogP contribution in [0.25, 0.3) is 0 Å². The van der Waals surface area contributed by atoms with Gasteiger partial charge in [0.05, 0.1) is 23.3 Å². The minimum absolute atomic E-state index is 0.0626. The lowest BCUT2D eigenvalue weighted by atomic mass is 9.77. The number of carbonyl (C=O) groups excluding carboxylic acids is 1. The van der Waals surface area contributed by atoms with E-state index in [2.05, 4.69) is 41.9 Å². The summed E-state index contributed by atoms with van der Waals surface area (Å²) < 4.78 is 30.0. The van der Waals surface area contributed by atoms with Crippen LogP contribution in [0.4, 0.5) is 21.6 Å². The van der Waals surface area contributed by atoms with Crippen molar-refractivity contribution in [3.8, 4) is 0 Å². The zero-order chi connectivity index (χ0) is 25.8. The number of aliphatic imine (C=N–C) groups is 1. The number of hydrogen-bond donors (Lipinski definition) is 4. The molecular weight excluding hydrogens is 552 g/mol. The van der Waals surface area contributed by atoms with E-state index in [-0.39, 0.29) is 47.9 Å². The van der Waals surface area contributed by atoms with Crippen molar-refractivity contribution in [1.29, 1.82) is 0 Å². The molecule has 1 aromatic heterocycles. The third kappa shape index (κ3) is 5.59. The molecule has 1 amide bonds. The number of amides is 1. The fourth-order valence-corrected chi connectivity index (χ4v) is 4.46. The van der Waals surface area contributed by atoms with E-state index in [4.69, 9.17) is 13.9 Å². The number of nitrogens with zero attached hydrogens (tertiary/aromatic N) is 4. The van der Waals surface area contributed by atoms with Crippen molar-refractivity contribution in [3.05, 3.63) is 57.9 Å². The molecule has 0 saturated carbocycles. The summed E-state index contributed by atoms with van der Waals surface area (Å²) >= 11 is 3.09. The van der Waals surface area contributed by atoms with Crippen LogP contribution in [-0.2, 0) is 20.7 Å². The number of anilines is 2. The van der Waals surface area contributed by atoms with E-state index < -0.39 is 5.82 Å². The molecule has 0 saturated heterocycles. The smallest absolute Gasteiger partial charge is 0.405 e. The van der Waals surface area contributed by atoms with Gasteiger partial charge >= 0.3 is 7.12 Å². The minimum Gasteiger partial charge on any atom is -0.405 e. The van der Waals surface area contributed by atoms with Crippen LogP contribution < -0.4 is 26.5 Å². The zero-order valence-electron chi connectivity index (χ0n) is 19.4. The average molecular weight is 574 g/mol. The van der Waals surface area contributed by atoms with Crippen LogP contribution in [0.15, 0.2) is 50.5 Å². The Morgan fingerprint density at radius 3 is 2.97 bits per heavy atom. The first-order chi connectivity index (χ1) is 18.0. The summed E-state index contributed by atoms with van der Waals surface area (Å²) in [6.07, 6.45) is 0. The second-order valence-corrected chi connectivity index (χ2v) is 9.05. The Labute approximate surface area is 219 Å². The molecule has 0 radical (unpaired) electrons. The molecule has 0 aliphatic carbocycles. The van der Waals surface area contributed by atoms with Crippen molar-refractivity contribution in [2.24, 2.45) is 4.99 Å². The SMILES string of the molecule is O=C(CN1CCOB2OCc3cccc1c32)NCCNc1nonc1C(=Nc1ccc(F)c(Br)c1)NO. The number of hydrogen-bond acceptors (Lipinski definition) is 10. The molecule has 0 unspecified atom stereocenters. The number of halogens is 2. The van der Waals surface area contributed by atoms with E-state index in [1.54, 1.807) is 0 Å². The van der Waals surface area contributed by atoms with E-state index in [0.29, 0.717) is 32.0 Å². The Kier molecular flexibility index (Phi) is 7.64. The van der Waals surface area contributed by atoms with E-state index in [1.807, 2.05) is 28.6 Å². The van der Waals surface area contributed by atoms with Crippen molar-refractivity contribution < 1.29 is 28.3 Å². The van der Waals surface area contributed by atoms with Crippen molar-refractivity contribution >= 4 is 57.4 Å². The van der Waals surface area contributed by atoms with Gasteiger partial charge in [0.2, 0.25) is 11.7 Å². The molecule has 37 heavy (non-hydrogen) atoms. The first-order valence-corrected chi connectivity index (χ1v) is 12.2. The maximum Gasteiger partial charge on any atom is 0.496 e. The molecule has 3 aromatic rings. The predicted molar refractivity (Wildman–Crippen MR) is 136 cm³/mol. The highest BCUT2D eigenvalue weighted by molar-refractivity contribution is 9.10. The fourth-order valence-electron chi connectivity index (χ4n) is 4.09. The molecule has 2 aliphatic heterocycles. The second kappa shape index (κ2) is 11.3. The Bertz CT molecular complexity index is 1330. The van der Waals surface area contributed by atoms with Crippen LogP contribution in [-0.4, -0.2) is 67.2 Å². The minimum atomic E-state index is -0.444. The molecule has 12 nitrogen and oxygen atoms in total. The van der Waals surface area contributed by atoms with Crippen molar-refractivity contribution in [3.63, 3.8) is 0 Å². The number of hydroxylamine groups is 1. The van der Waals surface area contributed by atoms with Gasteiger partial charge in [-0.05, 0) is 56.1 Å². The number of carbonyl (C=O) groups is 1. The van der Waals surface area contributed by atoms with Gasteiger partial charge in [0.25, 0.3) is 0 Å². The van der Waals surface area contributed by atoms with Crippen molar-refractivity contribution in [2.45, 2.75) is 6.61 Å². The van der Waals surface area contributed by atoms with Gasteiger partial charge in [-0.2, -0.15) is 0 Å². The molecule has 2 aromatic carbocycles. The van der Waals surface area contributed by atoms with Crippen LogP contribution in [0.3, 0.4) is 0 Å². The van der Waals surface area contributed by atoms with Gasteiger partial charge < -0.3 is 24.8 Å². The molecule has 0 spiro atoms. The van der Waals surface area contributed by atoms with Crippen LogP contribution in [0.1, 0.15) is 11.3 Å². The molecular formula is C22H22BBrFN7O5. The molecule has 5 rings (SSSR count). The Morgan fingerprint density at radius 2 is 2.14 bits per heavy atom. The standard InChI is InChI=1S/C22H22BBrFN7O5/c24-15-10-14(4-5-16(15)25)28-22(29-34)20-21(31-37-30-20)27-7-6-26-18(33)11-32-8-9-35-23-19-13(12-36-23)2-1-3-17(19)32/h1-5,10,34H,6-9,11-12H2,(H,26,33)(H,27,31)(H,28,29). The van der Waals surface area contributed by atoms with Gasteiger partial charge in [0, 0.05) is 37.4 Å². The number of rotatable bonds is 8. The van der Waals surface area contributed by atoms with Gasteiger partial charge in [-0.3, -0.25) is 15.5 Å². The highest BCUT2D eigenvalue weighted by Crippen LogP contribution is 2.24. The van der Waals surface area contributed by atoms with Crippen LogP contribution in [0, 0.1) is 5.82 Å². The van der Waals surface area contributed by atoms with Crippen molar-refractivity contribution in [1.82, 2.24) is 21.1 Å². The molecule has 192 valence electrons. The maximum absolute atomic E-state index is 13.5. The van der Waals surface area contributed by atoms with E-state index in [1.165, 1.54) is 18.2 Å². The maximum atomic E-state index is 13.5. The lowest BCUT2D eigenvalue weighted by molar-refractivity contribution is -0.119. The Balaban J connectivity index is 1.16. The molecule has 4 N–H and O–H groups in total. The van der Waals surface area contributed by atoms with E-state index in [9.17, 15) is 14.4 Å². The van der Waals surface area contributed by atoms with E-state index in [0.717, 1.165) is 16.7 Å². The summed E-state index contributed by atoms with van der Waals surface area (Å²) in [5.41, 5.74) is 5.42. The summed E-state index contributed by atoms with van der Waals surface area (Å²) in [6.45, 7) is 2.27. The Hall–Kier alpha value is -3.53. The normalized spacial score (nSPS) is 14.8. The summed E-state index contributed by atoms with van der Waals surface area (Å²) in [7, 11) is -0.389. The highest BCUT2D eigenvalue weighted by atomic mass is 79.9. The summed E-state index contributed by atoms with van der Waals surface area (Å²) in [5.74, 6) is -0.463. The summed E-state index contributed by atoms with van der Waals surface area (Å²) in [4.78, 5) is 18.9. The lowest BCUT2D eigenvalue weighted by Crippen LogP contribution is -2.41. The fraction of sp³-hybridized carbons (Fsp3) is 0.273. The number of amidine groups is 1. The Morgan fingerprint density at radius 1 is 1.24 bits per heavy atom. The highest BCUT2D eigenvalue weighted by Gasteiger charge is 2.37. The molecule has 0 bridgehead atoms. The third-order valence-corrected chi connectivity index (χ3v) is 6.42. The van der Waals surface area contributed by atoms with Crippen LogP contribution in [0.5, 0.6) is 0 Å². The molecule has 15 heteroatoms. The zero-order valence-corrected chi connectivity index (χ0v) is 21.0. The molecule has 0 atom stereocenters. The van der Waals surface area contributed by atoms with Gasteiger partial charge in [-0.15, -0.1) is 0 Å². The number of benzene rings is 2. The first-order valence-electron chi connectivity index (χ1n) is 11.4. The van der Waals surface area contributed by atoms with E-state index >= 15 is 0 Å². The predicted octanol–water partition coefficient (Wildman–Crippen LogP) is 1.32. The molecule has 0 fully saturated rings. The summed E-state index contributed by atoms with van der Waals surface area (Å²) in [5, 5.41) is 22.9. The van der Waals surface area contributed by atoms with Gasteiger partial charge in [-0.25, -0.2) is 14.0 Å². The quantitative estimate of drug-likeness (QED) is 0.102. The van der Waals surface area contributed by atoms with Gasteiger partial charge in [-0.1, -0.05) is 12.1 Å². The van der Waals surface area contributed by atoms with Crippen molar-refractivity contribution in [2.75, 3.05) is 43.0 Å². The summed E-state index contributed by atoms with van der Waals surface area (Å²) in [6, 6.07) is 10.0. The monoisotopic (exact) mass is 573 g/mol. The lowest BCUT2D eigenvalue weighted by Gasteiger charge is -2.24. The first kappa shape index (κ1) is 25.1. The molecule has 3 heterocycles. The largest absolute Gasteiger partial charge is 0.496 e. The van der Waals surface area contributed by atoms with Crippen LogP contribution in [0.2, 0.25) is 0 Å². The average Bonchev–Trinajstić information content (AvgIpc) is 3.49.